The summed E-state index contributed by atoms with van der Waals surface area (Å²) in [6.07, 6.45) is 0. The van der Waals surface area contributed by atoms with Gasteiger partial charge in [0, 0.05) is 7.11 Å². The smallest absolute Gasteiger partial charge is 0.139 e. The van der Waals surface area contributed by atoms with E-state index in [1.54, 1.807) is 7.11 Å². The van der Waals surface area contributed by atoms with Crippen LogP contribution >= 0.6 is 0 Å². The van der Waals surface area contributed by atoms with Crippen molar-refractivity contribution >= 4 is 0 Å². The lowest BCUT2D eigenvalue weighted by Gasteiger charge is -2.40. The maximum absolute atomic E-state index is 5.53. The van der Waals surface area contributed by atoms with E-state index in [4.69, 9.17) is 9.47 Å². The standard InChI is InChI=1S/C12H16O2/c1-9-4-5-11(6-10(9)2)12(13-3)7-14-8-12/h4-6H,7-8H2,1-3H3. The number of methoxy groups -OCH3 is 1. The van der Waals surface area contributed by atoms with Gasteiger partial charge in [0.25, 0.3) is 0 Å². The lowest BCUT2D eigenvalue weighted by molar-refractivity contribution is -0.202. The summed E-state index contributed by atoms with van der Waals surface area (Å²) in [6.45, 7) is 5.59. The van der Waals surface area contributed by atoms with E-state index in [2.05, 4.69) is 32.0 Å². The molecule has 1 aromatic rings. The quantitative estimate of drug-likeness (QED) is 0.715. The second kappa shape index (κ2) is 3.37. The van der Waals surface area contributed by atoms with Gasteiger partial charge in [-0.2, -0.15) is 0 Å². The molecule has 0 amide bonds. The van der Waals surface area contributed by atoms with Gasteiger partial charge in [-0.3, -0.25) is 0 Å². The minimum Gasteiger partial charge on any atom is -0.375 e. The van der Waals surface area contributed by atoms with E-state index in [-0.39, 0.29) is 5.60 Å². The first-order valence-corrected chi connectivity index (χ1v) is 4.88. The molecule has 1 aliphatic rings. The molecule has 0 spiro atoms. The van der Waals surface area contributed by atoms with Crippen molar-refractivity contribution in [2.24, 2.45) is 0 Å². The molecule has 0 unspecified atom stereocenters. The van der Waals surface area contributed by atoms with Crippen molar-refractivity contribution < 1.29 is 9.47 Å². The largest absolute Gasteiger partial charge is 0.375 e. The Morgan fingerprint density at radius 2 is 1.93 bits per heavy atom. The van der Waals surface area contributed by atoms with E-state index < -0.39 is 0 Å². The van der Waals surface area contributed by atoms with Crippen molar-refractivity contribution in [2.45, 2.75) is 19.4 Å². The zero-order valence-corrected chi connectivity index (χ0v) is 8.96. The second-order valence-corrected chi connectivity index (χ2v) is 3.99. The molecule has 2 nitrogen and oxygen atoms in total. The third kappa shape index (κ3) is 1.35. The van der Waals surface area contributed by atoms with E-state index >= 15 is 0 Å². The topological polar surface area (TPSA) is 18.5 Å². The van der Waals surface area contributed by atoms with Gasteiger partial charge in [0.2, 0.25) is 0 Å². The summed E-state index contributed by atoms with van der Waals surface area (Å²) in [5.74, 6) is 0. The van der Waals surface area contributed by atoms with Gasteiger partial charge in [0.1, 0.15) is 5.60 Å². The molecule has 0 bridgehead atoms. The molecule has 1 fully saturated rings. The van der Waals surface area contributed by atoms with Crippen LogP contribution in [0, 0.1) is 13.8 Å². The zero-order chi connectivity index (χ0) is 10.2. The number of hydrogen-bond donors (Lipinski definition) is 0. The zero-order valence-electron chi connectivity index (χ0n) is 8.96. The lowest BCUT2D eigenvalue weighted by atomic mass is 9.89. The number of benzene rings is 1. The first kappa shape index (κ1) is 9.69. The predicted molar refractivity (Wildman–Crippen MR) is 55.4 cm³/mol. The van der Waals surface area contributed by atoms with Gasteiger partial charge in [-0.05, 0) is 30.5 Å². The van der Waals surface area contributed by atoms with Gasteiger partial charge in [0.15, 0.2) is 0 Å². The Morgan fingerprint density at radius 3 is 2.36 bits per heavy atom. The highest BCUT2D eigenvalue weighted by Crippen LogP contribution is 2.33. The summed E-state index contributed by atoms with van der Waals surface area (Å²) >= 11 is 0. The highest BCUT2D eigenvalue weighted by molar-refractivity contribution is 5.34. The van der Waals surface area contributed by atoms with Crippen molar-refractivity contribution in [3.8, 4) is 0 Å². The fraction of sp³-hybridized carbons (Fsp3) is 0.500. The van der Waals surface area contributed by atoms with E-state index in [0.717, 1.165) is 0 Å². The van der Waals surface area contributed by atoms with Gasteiger partial charge in [-0.1, -0.05) is 18.2 Å². The molecule has 1 aliphatic heterocycles. The third-order valence-electron chi connectivity index (χ3n) is 3.09. The Labute approximate surface area is 84.8 Å². The molecule has 0 aromatic heterocycles. The minimum atomic E-state index is -0.182. The summed E-state index contributed by atoms with van der Waals surface area (Å²) in [6, 6.07) is 6.47. The SMILES string of the molecule is COC1(c2ccc(C)c(C)c2)COC1. The van der Waals surface area contributed by atoms with Crippen molar-refractivity contribution in [3.63, 3.8) is 0 Å². The van der Waals surface area contributed by atoms with Gasteiger partial charge in [-0.15, -0.1) is 0 Å². The normalized spacial score (nSPS) is 19.1. The summed E-state index contributed by atoms with van der Waals surface area (Å²) in [5, 5.41) is 0. The van der Waals surface area contributed by atoms with E-state index in [1.807, 2.05) is 0 Å². The molecule has 2 heteroatoms. The number of hydrogen-bond acceptors (Lipinski definition) is 2. The average molecular weight is 192 g/mol. The Kier molecular flexibility index (Phi) is 2.33. The molecular formula is C12H16O2. The van der Waals surface area contributed by atoms with Crippen molar-refractivity contribution in [1.29, 1.82) is 0 Å². The molecule has 0 N–H and O–H groups in total. The molecule has 0 radical (unpaired) electrons. The Morgan fingerprint density at radius 1 is 1.21 bits per heavy atom. The average Bonchev–Trinajstić information content (AvgIpc) is 2.10. The van der Waals surface area contributed by atoms with Crippen LogP contribution in [0.4, 0.5) is 0 Å². The van der Waals surface area contributed by atoms with Gasteiger partial charge in [0.05, 0.1) is 13.2 Å². The molecule has 0 atom stereocenters. The van der Waals surface area contributed by atoms with E-state index in [9.17, 15) is 0 Å². The van der Waals surface area contributed by atoms with Crippen molar-refractivity contribution in [1.82, 2.24) is 0 Å². The predicted octanol–water partition coefficient (Wildman–Crippen LogP) is 2.18. The monoisotopic (exact) mass is 192 g/mol. The molecule has 76 valence electrons. The van der Waals surface area contributed by atoms with Crippen molar-refractivity contribution in [3.05, 3.63) is 34.9 Å². The molecule has 2 rings (SSSR count). The van der Waals surface area contributed by atoms with Crippen molar-refractivity contribution in [2.75, 3.05) is 20.3 Å². The van der Waals surface area contributed by atoms with Crippen LogP contribution in [0.2, 0.25) is 0 Å². The fourth-order valence-electron chi connectivity index (χ4n) is 1.71. The molecular weight excluding hydrogens is 176 g/mol. The van der Waals surface area contributed by atoms with Crippen LogP contribution in [0.15, 0.2) is 18.2 Å². The molecule has 14 heavy (non-hydrogen) atoms. The van der Waals surface area contributed by atoms with Crippen LogP contribution in [0.25, 0.3) is 0 Å². The highest BCUT2D eigenvalue weighted by atomic mass is 16.6. The molecule has 1 heterocycles. The van der Waals surface area contributed by atoms with Crippen LogP contribution in [-0.2, 0) is 15.1 Å². The number of aryl methyl sites for hydroxylation is 2. The third-order valence-corrected chi connectivity index (χ3v) is 3.09. The van der Waals surface area contributed by atoms with Crippen LogP contribution in [0.1, 0.15) is 16.7 Å². The van der Waals surface area contributed by atoms with Gasteiger partial charge < -0.3 is 9.47 Å². The summed E-state index contributed by atoms with van der Waals surface area (Å²) < 4.78 is 10.8. The first-order valence-electron chi connectivity index (χ1n) is 4.88. The Bertz CT molecular complexity index is 335. The lowest BCUT2D eigenvalue weighted by Crippen LogP contribution is -2.48. The molecule has 0 saturated carbocycles. The highest BCUT2D eigenvalue weighted by Gasteiger charge is 2.40. The summed E-state index contributed by atoms with van der Waals surface area (Å²) in [5.41, 5.74) is 3.68. The Hall–Kier alpha value is -0.860. The molecule has 1 saturated heterocycles. The summed E-state index contributed by atoms with van der Waals surface area (Å²) in [4.78, 5) is 0. The molecule has 1 aromatic carbocycles. The van der Waals surface area contributed by atoms with E-state index in [0.29, 0.717) is 13.2 Å². The maximum Gasteiger partial charge on any atom is 0.139 e. The number of rotatable bonds is 2. The number of ether oxygens (including phenoxy) is 2. The van der Waals surface area contributed by atoms with Crippen LogP contribution in [0.3, 0.4) is 0 Å². The Balaban J connectivity index is 2.36. The first-order chi connectivity index (χ1) is 6.68. The molecule has 0 aliphatic carbocycles. The summed E-state index contributed by atoms with van der Waals surface area (Å²) in [7, 11) is 1.75. The van der Waals surface area contributed by atoms with Crippen LogP contribution in [0.5, 0.6) is 0 Å². The van der Waals surface area contributed by atoms with E-state index in [1.165, 1.54) is 16.7 Å². The van der Waals surface area contributed by atoms with Crippen LogP contribution in [-0.4, -0.2) is 20.3 Å². The second-order valence-electron chi connectivity index (χ2n) is 3.99. The van der Waals surface area contributed by atoms with Gasteiger partial charge in [-0.25, -0.2) is 0 Å². The maximum atomic E-state index is 5.53. The van der Waals surface area contributed by atoms with Crippen LogP contribution < -0.4 is 0 Å². The fourth-order valence-corrected chi connectivity index (χ4v) is 1.71. The minimum absolute atomic E-state index is 0.182. The van der Waals surface area contributed by atoms with Gasteiger partial charge >= 0.3 is 0 Å².